The molecule has 0 aliphatic heterocycles. The van der Waals surface area contributed by atoms with Gasteiger partial charge in [0.2, 0.25) is 5.60 Å². The molecule has 0 aromatic heterocycles. The minimum atomic E-state index is -1.27. The number of amides is 1. The van der Waals surface area contributed by atoms with Gasteiger partial charge < -0.3 is 15.3 Å². The van der Waals surface area contributed by atoms with E-state index in [1.807, 2.05) is 0 Å². The number of oxime groups is 1. The molecule has 0 rings (SSSR count). The second kappa shape index (κ2) is 5.16. The molecule has 1 amide bonds. The van der Waals surface area contributed by atoms with Crippen molar-refractivity contribution in [2.24, 2.45) is 10.9 Å². The largest absolute Gasteiger partial charge is 0.457 e. The van der Waals surface area contributed by atoms with Gasteiger partial charge in [0.25, 0.3) is 5.91 Å². The predicted molar refractivity (Wildman–Crippen MR) is 63.3 cm³/mol. The Labute approximate surface area is 101 Å². The van der Waals surface area contributed by atoms with Crippen LogP contribution in [0, 0.1) is 0 Å². The monoisotopic (exact) mass is 244 g/mol. The van der Waals surface area contributed by atoms with Crippen molar-refractivity contribution in [1.29, 1.82) is 0 Å². The fraction of sp³-hybridized carbons (Fsp3) is 0.727. The number of hydrogen-bond acceptors (Lipinski definition) is 5. The molecule has 0 saturated heterocycles. The molecular weight excluding hydrogens is 224 g/mol. The Morgan fingerprint density at radius 1 is 1.12 bits per heavy atom. The summed E-state index contributed by atoms with van der Waals surface area (Å²) >= 11 is 0. The molecular formula is C11H20N2O4. The van der Waals surface area contributed by atoms with Gasteiger partial charge in [-0.2, -0.15) is 0 Å². The molecule has 0 bridgehead atoms. The van der Waals surface area contributed by atoms with E-state index in [4.69, 9.17) is 15.3 Å². The molecule has 98 valence electrons. The minimum absolute atomic E-state index is 0.0124. The first-order valence-electron chi connectivity index (χ1n) is 5.22. The van der Waals surface area contributed by atoms with Gasteiger partial charge in [0.15, 0.2) is 0 Å². The van der Waals surface area contributed by atoms with E-state index >= 15 is 0 Å². The van der Waals surface area contributed by atoms with Gasteiger partial charge in [0, 0.05) is 0 Å². The first-order valence-corrected chi connectivity index (χ1v) is 5.22. The van der Waals surface area contributed by atoms with Gasteiger partial charge in [0.1, 0.15) is 11.3 Å². The van der Waals surface area contributed by atoms with Crippen LogP contribution in [0.5, 0.6) is 0 Å². The number of carbonyl (C=O) groups is 2. The van der Waals surface area contributed by atoms with Crippen LogP contribution in [0.15, 0.2) is 5.16 Å². The highest BCUT2D eigenvalue weighted by atomic mass is 16.7. The third-order valence-corrected chi connectivity index (χ3v) is 1.66. The van der Waals surface area contributed by atoms with Crippen LogP contribution in [0.1, 0.15) is 41.5 Å². The van der Waals surface area contributed by atoms with Crippen molar-refractivity contribution in [1.82, 2.24) is 0 Å². The smallest absolute Gasteiger partial charge is 0.353 e. The molecule has 0 heterocycles. The number of hydrogen-bond donors (Lipinski definition) is 1. The summed E-state index contributed by atoms with van der Waals surface area (Å²) in [7, 11) is 0. The zero-order chi connectivity index (χ0) is 13.9. The Kier molecular flexibility index (Phi) is 4.68. The number of esters is 1. The highest BCUT2D eigenvalue weighted by Gasteiger charge is 2.35. The highest BCUT2D eigenvalue weighted by Crippen LogP contribution is 2.17. The topological polar surface area (TPSA) is 91.0 Å². The number of nitrogens with two attached hydrogens (primary N) is 1. The lowest BCUT2D eigenvalue weighted by atomic mass is 10.1. The zero-order valence-corrected chi connectivity index (χ0v) is 11.2. The van der Waals surface area contributed by atoms with E-state index in [0.29, 0.717) is 0 Å². The van der Waals surface area contributed by atoms with Crippen LogP contribution in [-0.2, 0) is 19.2 Å². The summed E-state index contributed by atoms with van der Waals surface area (Å²) in [6.07, 6.45) is 0. The van der Waals surface area contributed by atoms with Crippen molar-refractivity contribution in [3.8, 4) is 0 Å². The quantitative estimate of drug-likeness (QED) is 0.453. The van der Waals surface area contributed by atoms with E-state index < -0.39 is 23.1 Å². The van der Waals surface area contributed by atoms with Crippen LogP contribution in [0.25, 0.3) is 0 Å². The normalized spacial score (nSPS) is 13.2. The van der Waals surface area contributed by atoms with Crippen molar-refractivity contribution in [2.75, 3.05) is 0 Å². The molecule has 0 aromatic rings. The molecule has 0 saturated carbocycles. The van der Waals surface area contributed by atoms with Crippen molar-refractivity contribution in [3.63, 3.8) is 0 Å². The van der Waals surface area contributed by atoms with E-state index in [0.717, 1.165) is 0 Å². The maximum absolute atomic E-state index is 11.7. The standard InChI is InChI=1S/C11H20N2O4/c1-7(8(12)14)13-17-11(5,6)9(15)16-10(2,3)4/h1-6H3,(H2,12,14)/b13-7+. The molecule has 0 aliphatic carbocycles. The maximum atomic E-state index is 11.7. The van der Waals surface area contributed by atoms with E-state index in [2.05, 4.69) is 5.16 Å². The van der Waals surface area contributed by atoms with E-state index in [9.17, 15) is 9.59 Å². The molecule has 17 heavy (non-hydrogen) atoms. The number of ether oxygens (including phenoxy) is 1. The van der Waals surface area contributed by atoms with Gasteiger partial charge in [-0.15, -0.1) is 0 Å². The first kappa shape index (κ1) is 15.4. The SMILES string of the molecule is C/C(=N\OC(C)(C)C(=O)OC(C)(C)C)C(N)=O. The van der Waals surface area contributed by atoms with Crippen molar-refractivity contribution in [2.45, 2.75) is 52.7 Å². The molecule has 2 N–H and O–H groups in total. The number of primary amides is 1. The van der Waals surface area contributed by atoms with Gasteiger partial charge in [-0.25, -0.2) is 4.79 Å². The zero-order valence-electron chi connectivity index (χ0n) is 11.2. The lowest BCUT2D eigenvalue weighted by Crippen LogP contribution is -2.40. The number of nitrogens with zero attached hydrogens (tertiary/aromatic N) is 1. The second-order valence-corrected chi connectivity index (χ2v) is 5.14. The van der Waals surface area contributed by atoms with Crippen LogP contribution in [0.4, 0.5) is 0 Å². The van der Waals surface area contributed by atoms with Gasteiger partial charge in [-0.05, 0) is 41.5 Å². The molecule has 6 heteroatoms. The number of rotatable bonds is 4. The summed E-state index contributed by atoms with van der Waals surface area (Å²) in [6.45, 7) is 9.64. The van der Waals surface area contributed by atoms with Gasteiger partial charge >= 0.3 is 5.97 Å². The van der Waals surface area contributed by atoms with Gasteiger partial charge in [0.05, 0.1) is 0 Å². The van der Waals surface area contributed by atoms with Gasteiger partial charge in [-0.1, -0.05) is 5.16 Å². The van der Waals surface area contributed by atoms with E-state index in [1.165, 1.54) is 20.8 Å². The van der Waals surface area contributed by atoms with Crippen LogP contribution in [0.3, 0.4) is 0 Å². The molecule has 0 fully saturated rings. The lowest BCUT2D eigenvalue weighted by Gasteiger charge is -2.26. The minimum Gasteiger partial charge on any atom is -0.457 e. The Balaban J connectivity index is 4.64. The highest BCUT2D eigenvalue weighted by molar-refractivity contribution is 6.37. The summed E-state index contributed by atoms with van der Waals surface area (Å²) < 4.78 is 5.15. The van der Waals surface area contributed by atoms with E-state index in [-0.39, 0.29) is 5.71 Å². The fourth-order valence-electron chi connectivity index (χ4n) is 0.666. The predicted octanol–water partition coefficient (Wildman–Crippen LogP) is 0.984. The second-order valence-electron chi connectivity index (χ2n) is 5.14. The Hall–Kier alpha value is -1.59. The molecule has 0 aromatic carbocycles. The lowest BCUT2D eigenvalue weighted by molar-refractivity contribution is -0.179. The molecule has 0 spiro atoms. The van der Waals surface area contributed by atoms with Crippen LogP contribution < -0.4 is 5.73 Å². The van der Waals surface area contributed by atoms with E-state index in [1.54, 1.807) is 20.8 Å². The molecule has 6 nitrogen and oxygen atoms in total. The summed E-state index contributed by atoms with van der Waals surface area (Å²) in [5.74, 6) is -1.27. The third-order valence-electron chi connectivity index (χ3n) is 1.66. The molecule has 0 radical (unpaired) electrons. The summed E-state index contributed by atoms with van der Waals surface area (Å²) in [5, 5.41) is 3.49. The Morgan fingerprint density at radius 3 is 1.94 bits per heavy atom. The Morgan fingerprint density at radius 2 is 1.59 bits per heavy atom. The summed E-state index contributed by atoms with van der Waals surface area (Å²) in [5.41, 5.74) is 3.08. The Bertz CT molecular complexity index is 340. The van der Waals surface area contributed by atoms with Crippen molar-refractivity contribution < 1.29 is 19.2 Å². The fourth-order valence-corrected chi connectivity index (χ4v) is 0.666. The first-order chi connectivity index (χ1) is 7.46. The summed E-state index contributed by atoms with van der Waals surface area (Å²) in [6, 6.07) is 0. The van der Waals surface area contributed by atoms with Crippen LogP contribution in [-0.4, -0.2) is 28.8 Å². The van der Waals surface area contributed by atoms with Gasteiger partial charge in [-0.3, -0.25) is 4.79 Å². The average molecular weight is 244 g/mol. The number of carbonyl (C=O) groups excluding carboxylic acids is 2. The van der Waals surface area contributed by atoms with Crippen LogP contribution >= 0.6 is 0 Å². The van der Waals surface area contributed by atoms with Crippen LogP contribution in [0.2, 0.25) is 0 Å². The molecule has 0 aliphatic rings. The maximum Gasteiger partial charge on any atom is 0.353 e. The summed E-state index contributed by atoms with van der Waals surface area (Å²) in [4.78, 5) is 27.4. The molecule has 0 atom stereocenters. The third kappa shape index (κ3) is 5.89. The van der Waals surface area contributed by atoms with Crippen molar-refractivity contribution in [3.05, 3.63) is 0 Å². The average Bonchev–Trinajstić information content (AvgIpc) is 2.11. The van der Waals surface area contributed by atoms with Crippen molar-refractivity contribution >= 4 is 17.6 Å². The molecule has 0 unspecified atom stereocenters.